The first kappa shape index (κ1) is 13.9. The van der Waals surface area contributed by atoms with E-state index in [1.54, 1.807) is 13.0 Å². The molecule has 0 fully saturated rings. The molecule has 2 aliphatic rings. The summed E-state index contributed by atoms with van der Waals surface area (Å²) in [5, 5.41) is 3.16. The zero-order chi connectivity index (χ0) is 15.2. The van der Waals surface area contributed by atoms with Crippen molar-refractivity contribution < 1.29 is 4.79 Å². The summed E-state index contributed by atoms with van der Waals surface area (Å²) in [4.78, 5) is 26.4. The van der Waals surface area contributed by atoms with E-state index >= 15 is 0 Å². The van der Waals surface area contributed by atoms with Crippen LogP contribution in [0.2, 0.25) is 0 Å². The zero-order valence-electron chi connectivity index (χ0n) is 12.6. The van der Waals surface area contributed by atoms with Crippen LogP contribution < -0.4 is 10.9 Å². The lowest BCUT2D eigenvalue weighted by molar-refractivity contribution is -0.120. The van der Waals surface area contributed by atoms with Gasteiger partial charge in [-0.25, -0.2) is 0 Å². The summed E-state index contributed by atoms with van der Waals surface area (Å²) >= 11 is 0. The van der Waals surface area contributed by atoms with Gasteiger partial charge in [-0.2, -0.15) is 0 Å². The minimum absolute atomic E-state index is 0.0538. The Morgan fingerprint density at radius 2 is 2.24 bits per heavy atom. The van der Waals surface area contributed by atoms with Crippen molar-refractivity contribution in [2.75, 3.05) is 0 Å². The molecule has 2 aliphatic carbocycles. The predicted octanol–water partition coefficient (Wildman–Crippen LogP) is 2.17. The Bertz CT molecular complexity index is 727. The maximum absolute atomic E-state index is 11.8. The maximum atomic E-state index is 11.8. The molecule has 2 bridgehead atoms. The van der Waals surface area contributed by atoms with Gasteiger partial charge in [0.2, 0.25) is 11.5 Å². The molecule has 0 aliphatic heterocycles. The second kappa shape index (κ2) is 4.72. The molecular formula is C17H20N2O2. The summed E-state index contributed by atoms with van der Waals surface area (Å²) < 4.78 is 0. The fourth-order valence-electron chi connectivity index (χ4n) is 3.99. The van der Waals surface area contributed by atoms with E-state index < -0.39 is 5.54 Å². The molecule has 1 aromatic heterocycles. The number of carbonyl (C=O) groups excluding carboxylic acids is 1. The lowest BCUT2D eigenvalue weighted by Crippen LogP contribution is -2.53. The molecule has 2 N–H and O–H groups in total. The highest BCUT2D eigenvalue weighted by molar-refractivity contribution is 5.76. The van der Waals surface area contributed by atoms with Crippen LogP contribution in [0.1, 0.15) is 38.4 Å². The molecule has 2 atom stereocenters. The fourth-order valence-corrected chi connectivity index (χ4v) is 3.99. The summed E-state index contributed by atoms with van der Waals surface area (Å²) in [5.41, 5.74) is 3.86. The largest absolute Gasteiger partial charge is 0.343 e. The molecule has 1 aromatic rings. The van der Waals surface area contributed by atoms with Gasteiger partial charge in [0.25, 0.3) is 0 Å². The van der Waals surface area contributed by atoms with Crippen molar-refractivity contribution >= 4 is 5.91 Å². The van der Waals surface area contributed by atoms with Gasteiger partial charge >= 0.3 is 0 Å². The molecule has 0 spiro atoms. The summed E-state index contributed by atoms with van der Waals surface area (Å²) in [6, 6.07) is 3.41. The molecule has 0 aromatic carbocycles. The quantitative estimate of drug-likeness (QED) is 0.776. The first-order valence-corrected chi connectivity index (χ1v) is 7.31. The lowest BCUT2D eigenvalue weighted by Gasteiger charge is -2.47. The van der Waals surface area contributed by atoms with E-state index in [9.17, 15) is 9.59 Å². The van der Waals surface area contributed by atoms with Crippen LogP contribution in [0.4, 0.5) is 0 Å². The normalized spacial score (nSPS) is 28.8. The molecule has 0 radical (unpaired) electrons. The summed E-state index contributed by atoms with van der Waals surface area (Å²) in [6.45, 7) is 5.67. The maximum Gasteiger partial charge on any atom is 0.248 e. The van der Waals surface area contributed by atoms with Crippen LogP contribution in [0.25, 0.3) is 0 Å². The summed E-state index contributed by atoms with van der Waals surface area (Å²) in [7, 11) is 0. The summed E-state index contributed by atoms with van der Waals surface area (Å²) in [6.07, 6.45) is 5.90. The van der Waals surface area contributed by atoms with Crippen LogP contribution in [-0.4, -0.2) is 10.9 Å². The Balaban J connectivity index is 2.29. The Hall–Kier alpha value is -2.10. The number of nitrogens with one attached hydrogen (secondary N) is 2. The van der Waals surface area contributed by atoms with Crippen molar-refractivity contribution in [3.63, 3.8) is 0 Å². The Morgan fingerprint density at radius 1 is 1.48 bits per heavy atom. The minimum Gasteiger partial charge on any atom is -0.343 e. The smallest absolute Gasteiger partial charge is 0.248 e. The van der Waals surface area contributed by atoms with Gasteiger partial charge in [0, 0.05) is 30.2 Å². The molecule has 1 amide bonds. The number of allylic oxidation sites excluding steroid dienone is 2. The van der Waals surface area contributed by atoms with Crippen LogP contribution in [0.5, 0.6) is 0 Å². The van der Waals surface area contributed by atoms with E-state index in [1.165, 1.54) is 11.1 Å². The third-order valence-electron chi connectivity index (χ3n) is 4.51. The van der Waals surface area contributed by atoms with Crippen LogP contribution in [0.15, 0.2) is 40.2 Å². The zero-order valence-corrected chi connectivity index (χ0v) is 12.6. The number of aromatic amines is 1. The number of aromatic nitrogens is 1. The Morgan fingerprint density at radius 3 is 2.90 bits per heavy atom. The van der Waals surface area contributed by atoms with E-state index in [2.05, 4.69) is 29.4 Å². The van der Waals surface area contributed by atoms with E-state index in [1.807, 2.05) is 13.0 Å². The van der Waals surface area contributed by atoms with Crippen molar-refractivity contribution in [2.45, 2.75) is 39.2 Å². The highest BCUT2D eigenvalue weighted by Gasteiger charge is 2.47. The van der Waals surface area contributed by atoms with Gasteiger partial charge in [0.15, 0.2) is 0 Å². The molecule has 0 saturated carbocycles. The van der Waals surface area contributed by atoms with Crippen LogP contribution in [0.3, 0.4) is 0 Å². The molecule has 0 saturated heterocycles. The second-order valence-electron chi connectivity index (χ2n) is 6.05. The Kier molecular flexibility index (Phi) is 3.12. The van der Waals surface area contributed by atoms with E-state index in [0.717, 1.165) is 24.1 Å². The topological polar surface area (TPSA) is 62.0 Å². The fraction of sp³-hybridized carbons (Fsp3) is 0.412. The van der Waals surface area contributed by atoms with E-state index in [0.29, 0.717) is 0 Å². The van der Waals surface area contributed by atoms with Gasteiger partial charge in [-0.15, -0.1) is 0 Å². The lowest BCUT2D eigenvalue weighted by atomic mass is 9.63. The molecule has 21 heavy (non-hydrogen) atoms. The van der Waals surface area contributed by atoms with Crippen LogP contribution in [0, 0.1) is 5.92 Å². The number of pyridine rings is 1. The van der Waals surface area contributed by atoms with Gasteiger partial charge in [-0.05, 0) is 38.3 Å². The number of hydrogen-bond acceptors (Lipinski definition) is 2. The minimum atomic E-state index is -0.512. The van der Waals surface area contributed by atoms with Gasteiger partial charge in [-0.1, -0.05) is 17.7 Å². The summed E-state index contributed by atoms with van der Waals surface area (Å²) in [5.74, 6) is 0.183. The number of rotatable bonds is 1. The van der Waals surface area contributed by atoms with Crippen molar-refractivity contribution in [1.82, 2.24) is 10.3 Å². The van der Waals surface area contributed by atoms with Crippen molar-refractivity contribution in [3.05, 3.63) is 57.0 Å². The predicted molar refractivity (Wildman–Crippen MR) is 81.9 cm³/mol. The van der Waals surface area contributed by atoms with Gasteiger partial charge < -0.3 is 10.3 Å². The molecular weight excluding hydrogens is 264 g/mol. The number of H-pyrrole nitrogens is 1. The highest BCUT2D eigenvalue weighted by Crippen LogP contribution is 2.49. The molecule has 110 valence electrons. The highest BCUT2D eigenvalue weighted by atomic mass is 16.1. The van der Waals surface area contributed by atoms with Gasteiger partial charge in [0.05, 0.1) is 5.54 Å². The van der Waals surface area contributed by atoms with Gasteiger partial charge in [0.1, 0.15) is 0 Å². The van der Waals surface area contributed by atoms with Crippen LogP contribution >= 0.6 is 0 Å². The molecule has 4 heteroatoms. The molecule has 0 unspecified atom stereocenters. The molecule has 1 heterocycles. The number of amides is 1. The standard InChI is InChI=1S/C17H20N2O2/c1-4-13-12-7-10(2)9-17(13,19-11(3)20)14-5-6-16(21)18-15(14)8-12/h4-7,12H,8-9H2,1-3H3,(H,18,21)(H,19,20)/b13-4+/t12-,17+/m0/s1. The van der Waals surface area contributed by atoms with Crippen LogP contribution in [-0.2, 0) is 16.8 Å². The second-order valence-corrected chi connectivity index (χ2v) is 6.05. The first-order chi connectivity index (χ1) is 9.96. The number of fused-ring (bicyclic) bond motifs is 4. The SMILES string of the molecule is C/C=C1\[C@H]2C=C(C)C[C@]1(NC(C)=O)c1ccc(=O)[nH]c1C2. The third kappa shape index (κ3) is 2.06. The Labute approximate surface area is 124 Å². The third-order valence-corrected chi connectivity index (χ3v) is 4.51. The monoisotopic (exact) mass is 284 g/mol. The molecule has 3 rings (SSSR count). The molecule has 4 nitrogen and oxygen atoms in total. The first-order valence-electron chi connectivity index (χ1n) is 7.31. The van der Waals surface area contributed by atoms with E-state index in [4.69, 9.17) is 0 Å². The average molecular weight is 284 g/mol. The number of hydrogen-bond donors (Lipinski definition) is 2. The van der Waals surface area contributed by atoms with E-state index in [-0.39, 0.29) is 17.4 Å². The van der Waals surface area contributed by atoms with Crippen molar-refractivity contribution in [3.8, 4) is 0 Å². The average Bonchev–Trinajstić information content (AvgIpc) is 2.36. The van der Waals surface area contributed by atoms with Crippen molar-refractivity contribution in [1.29, 1.82) is 0 Å². The van der Waals surface area contributed by atoms with Crippen molar-refractivity contribution in [2.24, 2.45) is 5.92 Å². The number of carbonyl (C=O) groups is 1. The van der Waals surface area contributed by atoms with Gasteiger partial charge in [-0.3, -0.25) is 9.59 Å².